The van der Waals surface area contributed by atoms with Gasteiger partial charge in [0.1, 0.15) is 0 Å². The third-order valence-electron chi connectivity index (χ3n) is 17.3. The zero-order valence-electron chi connectivity index (χ0n) is 38.5. The summed E-state index contributed by atoms with van der Waals surface area (Å²) in [7, 11) is 0. The van der Waals surface area contributed by atoms with Crippen LogP contribution in [-0.4, -0.2) is 0 Å². The number of rotatable bonds is 6. The molecule has 1 nitrogen and oxygen atoms in total. The standard InChI is InChI=1S/C65H59N/c1-43-34-45-36-44(2)65(52(35-43)37-45)61-27-10-8-25-57(61)59-31-29-51(42-63(59)65)49-20-15-23-55(40-49)66(53-21-13-18-47(38-53)46-16-5-3-6-17-46)54-22-14-19-48(39-54)50-28-30-58-56-24-7-9-26-60(56)64(62(58)41-50)32-11-4-12-33-64/h3,5-10,13-31,38-45,52H,4,11-12,32-37H2,1-2H3/t43-,44+,45?,52-,65-/m1/s1. The summed E-state index contributed by atoms with van der Waals surface area (Å²) in [6, 6.07) is 72.1. The highest BCUT2D eigenvalue weighted by Gasteiger charge is 2.56. The fourth-order valence-electron chi connectivity index (χ4n) is 14.8. The van der Waals surface area contributed by atoms with Crippen molar-refractivity contribution in [3.63, 3.8) is 0 Å². The van der Waals surface area contributed by atoms with Gasteiger partial charge < -0.3 is 4.90 Å². The summed E-state index contributed by atoms with van der Waals surface area (Å²) in [5, 5.41) is 0. The molecule has 0 saturated heterocycles. The smallest absolute Gasteiger partial charge is 0.0467 e. The number of nitrogens with zero attached hydrogens (tertiary/aromatic N) is 1. The van der Waals surface area contributed by atoms with Crippen LogP contribution in [-0.2, 0) is 10.8 Å². The Balaban J connectivity index is 0.934. The Labute approximate surface area is 392 Å². The Morgan fingerprint density at radius 3 is 1.53 bits per heavy atom. The minimum Gasteiger partial charge on any atom is -0.310 e. The Bertz CT molecular complexity index is 3150. The normalized spacial score (nSPS) is 22.9. The Morgan fingerprint density at radius 1 is 0.379 bits per heavy atom. The van der Waals surface area contributed by atoms with Gasteiger partial charge in [0.15, 0.2) is 0 Å². The van der Waals surface area contributed by atoms with Crippen molar-refractivity contribution in [3.8, 4) is 55.6 Å². The van der Waals surface area contributed by atoms with E-state index in [4.69, 9.17) is 0 Å². The van der Waals surface area contributed by atoms with E-state index in [2.05, 4.69) is 207 Å². The van der Waals surface area contributed by atoms with E-state index in [0.717, 1.165) is 28.9 Å². The Kier molecular flexibility index (Phi) is 9.42. The lowest BCUT2D eigenvalue weighted by atomic mass is 9.49. The van der Waals surface area contributed by atoms with Crippen molar-refractivity contribution in [2.24, 2.45) is 23.7 Å². The van der Waals surface area contributed by atoms with Crippen LogP contribution in [0.15, 0.2) is 188 Å². The zero-order valence-corrected chi connectivity index (χ0v) is 38.5. The molecular weight excluding hydrogens is 795 g/mol. The van der Waals surface area contributed by atoms with Crippen molar-refractivity contribution in [1.29, 1.82) is 0 Å². The van der Waals surface area contributed by atoms with Gasteiger partial charge in [0, 0.05) is 27.9 Å². The predicted molar refractivity (Wildman–Crippen MR) is 277 cm³/mol. The van der Waals surface area contributed by atoms with E-state index in [1.807, 2.05) is 0 Å². The molecule has 1 unspecified atom stereocenters. The van der Waals surface area contributed by atoms with Gasteiger partial charge in [-0.1, -0.05) is 173 Å². The van der Waals surface area contributed by atoms with E-state index in [0.29, 0.717) is 11.8 Å². The van der Waals surface area contributed by atoms with E-state index in [1.54, 1.807) is 16.7 Å². The molecule has 3 saturated carbocycles. The minimum absolute atomic E-state index is 0.0616. The third-order valence-corrected chi connectivity index (χ3v) is 17.3. The molecule has 2 bridgehead atoms. The molecule has 66 heavy (non-hydrogen) atoms. The highest BCUT2D eigenvalue weighted by Crippen LogP contribution is 2.65. The molecule has 5 aliphatic rings. The second-order valence-electron chi connectivity index (χ2n) is 21.0. The van der Waals surface area contributed by atoms with Gasteiger partial charge in [0.2, 0.25) is 0 Å². The maximum absolute atomic E-state index is 2.62. The Morgan fingerprint density at radius 2 is 0.879 bits per heavy atom. The molecule has 0 N–H and O–H groups in total. The van der Waals surface area contributed by atoms with Crippen LogP contribution < -0.4 is 4.90 Å². The molecule has 8 aromatic rings. The maximum Gasteiger partial charge on any atom is 0.0467 e. The van der Waals surface area contributed by atoms with Crippen molar-refractivity contribution in [3.05, 3.63) is 210 Å². The lowest BCUT2D eigenvalue weighted by Crippen LogP contribution is -2.49. The molecule has 1 heteroatoms. The predicted octanol–water partition coefficient (Wildman–Crippen LogP) is 17.7. The topological polar surface area (TPSA) is 3.24 Å². The van der Waals surface area contributed by atoms with Gasteiger partial charge in [-0.15, -0.1) is 0 Å². The van der Waals surface area contributed by atoms with Crippen molar-refractivity contribution < 1.29 is 0 Å². The molecule has 13 rings (SSSR count). The maximum atomic E-state index is 2.62. The molecule has 8 aromatic carbocycles. The SMILES string of the molecule is C[C@@H]1CC2C[C@@H](C1)[C@@]1(c3ccccc3-c3ccc(-c4cccc(N(c5cccc(-c6ccccc6)c5)c5cccc(-c6ccc7c(c6)C6(CCCCC6)c6ccccc6-7)c5)c4)cc31)[C@@H](C)C2. The average Bonchev–Trinajstić information content (AvgIpc) is 3.81. The number of fused-ring (bicyclic) bond motifs is 13. The first-order valence-electron chi connectivity index (χ1n) is 25.1. The lowest BCUT2D eigenvalue weighted by Gasteiger charge is -2.54. The highest BCUT2D eigenvalue weighted by atomic mass is 15.1. The van der Waals surface area contributed by atoms with Crippen LogP contribution in [0.1, 0.15) is 93.9 Å². The van der Waals surface area contributed by atoms with Crippen molar-refractivity contribution in [2.75, 3.05) is 4.90 Å². The van der Waals surface area contributed by atoms with Gasteiger partial charge in [0.25, 0.3) is 0 Å². The van der Waals surface area contributed by atoms with E-state index < -0.39 is 0 Å². The van der Waals surface area contributed by atoms with Gasteiger partial charge in [-0.25, -0.2) is 0 Å². The second kappa shape index (κ2) is 15.6. The summed E-state index contributed by atoms with van der Waals surface area (Å²) < 4.78 is 0. The van der Waals surface area contributed by atoms with Crippen molar-refractivity contribution >= 4 is 17.1 Å². The summed E-state index contributed by atoms with van der Waals surface area (Å²) in [5.74, 6) is 2.92. The molecule has 3 fully saturated rings. The third kappa shape index (κ3) is 6.11. The molecule has 5 atom stereocenters. The summed E-state index contributed by atoms with van der Waals surface area (Å²) in [6.45, 7) is 5.10. The molecule has 5 aliphatic carbocycles. The van der Waals surface area contributed by atoms with Gasteiger partial charge in [-0.2, -0.15) is 0 Å². The van der Waals surface area contributed by atoms with E-state index >= 15 is 0 Å². The molecule has 0 aromatic heterocycles. The first-order chi connectivity index (χ1) is 32.5. The van der Waals surface area contributed by atoms with Gasteiger partial charge in [-0.05, 0) is 189 Å². The van der Waals surface area contributed by atoms with Crippen LogP contribution in [0.25, 0.3) is 55.6 Å². The van der Waals surface area contributed by atoms with Crippen LogP contribution in [0.2, 0.25) is 0 Å². The lowest BCUT2D eigenvalue weighted by molar-refractivity contribution is 0.0426. The van der Waals surface area contributed by atoms with Crippen LogP contribution in [0.5, 0.6) is 0 Å². The van der Waals surface area contributed by atoms with Crippen LogP contribution in [0, 0.1) is 23.7 Å². The van der Waals surface area contributed by atoms with Crippen LogP contribution in [0.3, 0.4) is 0 Å². The molecule has 2 spiro atoms. The average molecular weight is 854 g/mol. The van der Waals surface area contributed by atoms with E-state index in [1.165, 1.54) is 119 Å². The highest BCUT2D eigenvalue weighted by molar-refractivity contribution is 5.89. The van der Waals surface area contributed by atoms with E-state index in [-0.39, 0.29) is 10.8 Å². The number of hydrogen-bond donors (Lipinski definition) is 0. The zero-order chi connectivity index (χ0) is 44.0. The number of benzene rings is 8. The largest absolute Gasteiger partial charge is 0.310 e. The molecule has 0 amide bonds. The fraction of sp³-hybridized carbons (Fsp3) is 0.262. The number of anilines is 3. The minimum atomic E-state index is 0.0616. The molecule has 324 valence electrons. The van der Waals surface area contributed by atoms with Gasteiger partial charge in [0.05, 0.1) is 0 Å². The van der Waals surface area contributed by atoms with Gasteiger partial charge >= 0.3 is 0 Å². The summed E-state index contributed by atoms with van der Waals surface area (Å²) >= 11 is 0. The number of hydrogen-bond acceptors (Lipinski definition) is 1. The Hall–Kier alpha value is -6.44. The summed E-state index contributed by atoms with van der Waals surface area (Å²) in [5.41, 5.74) is 23.2. The van der Waals surface area contributed by atoms with Crippen molar-refractivity contribution in [1.82, 2.24) is 0 Å². The fourth-order valence-corrected chi connectivity index (χ4v) is 14.8. The molecule has 0 radical (unpaired) electrons. The van der Waals surface area contributed by atoms with Crippen LogP contribution in [0.4, 0.5) is 17.1 Å². The summed E-state index contributed by atoms with van der Waals surface area (Å²) in [6.07, 6.45) is 11.8. The first kappa shape index (κ1) is 39.9. The monoisotopic (exact) mass is 853 g/mol. The second-order valence-corrected chi connectivity index (χ2v) is 21.0. The quantitative estimate of drug-likeness (QED) is 0.161. The molecular formula is C65H59N. The van der Waals surface area contributed by atoms with Crippen molar-refractivity contribution in [2.45, 2.75) is 82.5 Å². The van der Waals surface area contributed by atoms with E-state index in [9.17, 15) is 0 Å². The van der Waals surface area contributed by atoms with Gasteiger partial charge in [-0.3, -0.25) is 0 Å². The first-order valence-corrected chi connectivity index (χ1v) is 25.1. The molecule has 0 aliphatic heterocycles. The summed E-state index contributed by atoms with van der Waals surface area (Å²) in [4.78, 5) is 2.49. The molecule has 0 heterocycles. The van der Waals surface area contributed by atoms with Crippen LogP contribution >= 0.6 is 0 Å².